The number of piperazine rings is 1. The van der Waals surface area contributed by atoms with Gasteiger partial charge in [0, 0.05) is 50.1 Å². The highest BCUT2D eigenvalue weighted by Crippen LogP contribution is 2.43. The molecule has 0 bridgehead atoms. The smallest absolute Gasteiger partial charge is 0.319 e. The first-order valence-corrected chi connectivity index (χ1v) is 28.9. The van der Waals surface area contributed by atoms with E-state index in [1.54, 1.807) is 28.4 Å². The number of aromatic hydroxyl groups is 1. The monoisotopic (exact) mass is 1160 g/mol. The first-order chi connectivity index (χ1) is 39.1. The van der Waals surface area contributed by atoms with Crippen LogP contribution >= 0.6 is 22.9 Å². The molecule has 3 aliphatic rings. The largest absolute Gasteiger partial charge is 0.508 e. The number of nitrogens with zero attached hydrogens (tertiary/aromatic N) is 8. The lowest BCUT2D eigenvalue weighted by molar-refractivity contribution is -0.145. The van der Waals surface area contributed by atoms with Gasteiger partial charge in [0.1, 0.15) is 42.4 Å². The quantitative estimate of drug-likeness (QED) is 0.0594. The van der Waals surface area contributed by atoms with Crippen LogP contribution in [0.5, 0.6) is 11.8 Å². The molecular formula is C61H70ClFN10O8S. The van der Waals surface area contributed by atoms with Gasteiger partial charge in [0.15, 0.2) is 5.82 Å². The predicted octanol–water partition coefficient (Wildman–Crippen LogP) is 8.36. The van der Waals surface area contributed by atoms with E-state index in [0.29, 0.717) is 60.3 Å². The molecule has 9 rings (SSSR count). The van der Waals surface area contributed by atoms with E-state index < -0.39 is 53.2 Å². The lowest BCUT2D eigenvalue weighted by atomic mass is 9.81. The van der Waals surface area contributed by atoms with Crippen molar-refractivity contribution in [1.82, 2.24) is 40.3 Å². The molecule has 5 atom stereocenters. The summed E-state index contributed by atoms with van der Waals surface area (Å²) >= 11 is 8.52. The van der Waals surface area contributed by atoms with E-state index in [-0.39, 0.29) is 90.9 Å². The van der Waals surface area contributed by atoms with E-state index >= 15 is 4.39 Å². The summed E-state index contributed by atoms with van der Waals surface area (Å²) in [6, 6.07) is 19.1. The average Bonchev–Trinajstić information content (AvgIpc) is 4.15. The first kappa shape index (κ1) is 59.3. The van der Waals surface area contributed by atoms with Crippen molar-refractivity contribution in [2.75, 3.05) is 70.5 Å². The van der Waals surface area contributed by atoms with Gasteiger partial charge in [-0.25, -0.2) is 9.37 Å². The van der Waals surface area contributed by atoms with Gasteiger partial charge in [0.25, 0.3) is 0 Å². The van der Waals surface area contributed by atoms with Gasteiger partial charge >= 0.3 is 6.01 Å². The number of hydrogen-bond donors (Lipinski definition) is 4. The molecule has 82 heavy (non-hydrogen) atoms. The Kier molecular flexibility index (Phi) is 18.1. The molecule has 0 spiro atoms. The number of carbonyl (C=O) groups is 4. The second-order valence-corrected chi connectivity index (χ2v) is 24.3. The Morgan fingerprint density at radius 1 is 1.01 bits per heavy atom. The molecule has 6 aromatic rings. The van der Waals surface area contributed by atoms with Crippen LogP contribution in [0.3, 0.4) is 0 Å². The van der Waals surface area contributed by atoms with Crippen LogP contribution in [0.1, 0.15) is 77.6 Å². The van der Waals surface area contributed by atoms with Crippen LogP contribution < -0.4 is 20.3 Å². The SMILES string of the molecule is C=CC(=O)N1CCN(c2nc(OCCN3CCC(C)(COCC(=O)N[C@H](C(=O)N4C[C@H](O)C[C@H]4C(=O)N[C@@H](C)c4ccc(-c5scnc5C)cc4)C(C)(C)C)CC3)nc3c(F)c(-c4cc(O)cc5ccccc45)c(Cl)cc23)C[C@@H]1CC#N. The number of piperidine rings is 1. The number of phenolic OH excluding ortho intramolecular Hbond substituents is 1. The van der Waals surface area contributed by atoms with Crippen LogP contribution in [-0.2, 0) is 23.9 Å². The number of benzene rings is 4. The van der Waals surface area contributed by atoms with Crippen molar-refractivity contribution in [1.29, 1.82) is 5.26 Å². The van der Waals surface area contributed by atoms with Gasteiger partial charge in [0.2, 0.25) is 23.6 Å². The molecule has 3 saturated heterocycles. The van der Waals surface area contributed by atoms with Gasteiger partial charge in [-0.05, 0) is 102 Å². The number of halogens is 2. The molecule has 4 amide bonds. The summed E-state index contributed by atoms with van der Waals surface area (Å²) in [5.41, 5.74) is 4.04. The Morgan fingerprint density at radius 2 is 1.76 bits per heavy atom. The number of phenols is 1. The lowest BCUT2D eigenvalue weighted by Crippen LogP contribution is -2.58. The molecule has 2 aromatic heterocycles. The van der Waals surface area contributed by atoms with Crippen molar-refractivity contribution in [3.63, 3.8) is 0 Å². The Labute approximate surface area is 485 Å². The fourth-order valence-electron chi connectivity index (χ4n) is 11.3. The number of fused-ring (bicyclic) bond motifs is 2. The number of rotatable bonds is 18. The maximum absolute atomic E-state index is 17.3. The maximum atomic E-state index is 17.3. The van der Waals surface area contributed by atoms with Gasteiger partial charge in [-0.15, -0.1) is 11.3 Å². The normalized spacial score (nSPS) is 19.2. The molecule has 3 aliphatic heterocycles. The summed E-state index contributed by atoms with van der Waals surface area (Å²) in [4.78, 5) is 76.5. The van der Waals surface area contributed by atoms with Gasteiger partial charge in [-0.3, -0.25) is 24.1 Å². The number of aliphatic hydroxyl groups is 1. The molecule has 21 heteroatoms. The van der Waals surface area contributed by atoms with Crippen LogP contribution in [0.4, 0.5) is 10.2 Å². The van der Waals surface area contributed by atoms with E-state index in [1.165, 1.54) is 17.0 Å². The van der Waals surface area contributed by atoms with Crippen LogP contribution in [0.2, 0.25) is 5.02 Å². The van der Waals surface area contributed by atoms with Crippen LogP contribution in [0, 0.1) is 34.9 Å². The number of amides is 4. The number of anilines is 1. The van der Waals surface area contributed by atoms with Crippen molar-refractivity contribution in [3.8, 4) is 39.4 Å². The van der Waals surface area contributed by atoms with E-state index in [9.17, 15) is 34.7 Å². The standard InChI is InChI=1S/C61H70ClFN10O8S/c1-8-50(77)72-24-23-71(31-41(72)17-20-64)56-46-30-47(62)51(45-28-42(74)27-40-11-9-10-12-44(40)45)52(63)53(46)68-59(69-56)81-26-25-70-21-18-61(7,19-22-70)34-80-33-49(76)67-55(60(4,5)6)58(79)73-32-43(75)29-48(73)57(78)66-36(2)38-13-15-39(16-14-38)54-37(3)65-35-82-54/h8-16,27-28,30,35-36,41,43,48,55,74-75H,1,17-19,21-26,29,31-34H2,2-7H3,(H,66,78)(H,67,76)/t36-,41-,43+,48-,55+/m0/s1. The zero-order valence-corrected chi connectivity index (χ0v) is 48.7. The minimum Gasteiger partial charge on any atom is -0.508 e. The number of ether oxygens (including phenoxy) is 2. The maximum Gasteiger partial charge on any atom is 0.319 e. The molecule has 4 aromatic carbocycles. The molecular weight excluding hydrogens is 1090 g/mol. The van der Waals surface area contributed by atoms with Crippen LogP contribution in [-0.4, -0.2) is 153 Å². The van der Waals surface area contributed by atoms with Gasteiger partial charge in [-0.1, -0.05) is 94.4 Å². The molecule has 18 nitrogen and oxygen atoms in total. The predicted molar refractivity (Wildman–Crippen MR) is 314 cm³/mol. The number of β-amino-alcohol motifs (C(OH)–C–C–N with tert-alkyl or cyclic N) is 1. The summed E-state index contributed by atoms with van der Waals surface area (Å²) < 4.78 is 29.6. The zero-order valence-electron chi connectivity index (χ0n) is 47.1. The molecule has 5 heterocycles. The fraction of sp³-hybridized carbons (Fsp3) is 0.443. The Balaban J connectivity index is 0.807. The molecule has 0 saturated carbocycles. The Hall–Kier alpha value is -7.28. The van der Waals surface area contributed by atoms with Gasteiger partial charge < -0.3 is 45.0 Å². The number of carbonyl (C=O) groups excluding carboxylic acids is 4. The van der Waals surface area contributed by atoms with E-state index in [4.69, 9.17) is 26.1 Å². The highest BCUT2D eigenvalue weighted by atomic mass is 35.5. The fourth-order valence-corrected chi connectivity index (χ4v) is 12.4. The second kappa shape index (κ2) is 25.1. The Bertz CT molecular complexity index is 3420. The topological polar surface area (TPSA) is 227 Å². The summed E-state index contributed by atoms with van der Waals surface area (Å²) in [7, 11) is 0. The zero-order chi connectivity index (χ0) is 58.6. The highest BCUT2D eigenvalue weighted by molar-refractivity contribution is 7.13. The van der Waals surface area contributed by atoms with E-state index in [0.717, 1.165) is 34.5 Å². The molecule has 3 fully saturated rings. The Morgan fingerprint density at radius 3 is 2.45 bits per heavy atom. The molecule has 432 valence electrons. The number of aromatic nitrogens is 3. The third-order valence-electron chi connectivity index (χ3n) is 16.0. The summed E-state index contributed by atoms with van der Waals surface area (Å²) in [5.74, 6) is -2.09. The summed E-state index contributed by atoms with van der Waals surface area (Å²) in [6.45, 7) is 17.9. The summed E-state index contributed by atoms with van der Waals surface area (Å²) in [5, 5.41) is 38.9. The van der Waals surface area contributed by atoms with E-state index in [2.05, 4.69) is 45.1 Å². The number of likely N-dealkylation sites (tertiary alicyclic amines) is 2. The molecule has 0 aliphatic carbocycles. The van der Waals surface area contributed by atoms with Crippen molar-refractivity contribution in [2.24, 2.45) is 10.8 Å². The molecule has 4 N–H and O–H groups in total. The highest BCUT2D eigenvalue weighted by Gasteiger charge is 2.45. The number of hydrogen-bond acceptors (Lipinski definition) is 15. The lowest BCUT2D eigenvalue weighted by Gasteiger charge is -2.41. The number of nitriles is 1. The van der Waals surface area contributed by atoms with Crippen molar-refractivity contribution in [3.05, 3.63) is 107 Å². The number of nitrogens with one attached hydrogen (secondary N) is 2. The summed E-state index contributed by atoms with van der Waals surface area (Å²) in [6.07, 6.45) is 1.91. The number of thiazole rings is 1. The van der Waals surface area contributed by atoms with Gasteiger partial charge in [0.05, 0.1) is 58.4 Å². The first-order valence-electron chi connectivity index (χ1n) is 27.6. The average molecular weight is 1160 g/mol. The van der Waals surface area contributed by atoms with Crippen LogP contribution in [0.15, 0.2) is 84.9 Å². The number of aryl methyl sites for hydroxylation is 1. The third kappa shape index (κ3) is 13.1. The van der Waals surface area contributed by atoms with Crippen molar-refractivity contribution in [2.45, 2.75) is 97.5 Å². The van der Waals surface area contributed by atoms with Gasteiger partial charge in [-0.2, -0.15) is 15.2 Å². The second-order valence-electron chi connectivity index (χ2n) is 23.1. The minimum atomic E-state index is -1.01. The van der Waals surface area contributed by atoms with Crippen molar-refractivity contribution >= 4 is 74.1 Å². The van der Waals surface area contributed by atoms with Crippen molar-refractivity contribution < 1.29 is 43.3 Å². The number of aliphatic hydroxyl groups excluding tert-OH is 1. The van der Waals surface area contributed by atoms with Crippen LogP contribution in [0.25, 0.3) is 43.2 Å². The van der Waals surface area contributed by atoms with E-state index in [1.807, 2.05) is 93.6 Å². The molecule has 0 unspecified atom stereocenters. The minimum absolute atomic E-state index is 0.0469. The third-order valence-corrected chi connectivity index (χ3v) is 17.2. The molecule has 0 radical (unpaired) electrons.